The Bertz CT molecular complexity index is 1280. The highest BCUT2D eigenvalue weighted by molar-refractivity contribution is 14.1. The normalized spacial score (nSPS) is 10.3. The first kappa shape index (κ1) is 32.8. The lowest BCUT2D eigenvalue weighted by Crippen LogP contribution is -2.16. The van der Waals surface area contributed by atoms with Crippen LogP contribution in [-0.2, 0) is 9.59 Å². The number of rotatable bonds is 6. The topological polar surface area (TPSA) is 133 Å². The molecular formula is C25H27Cl2IN2O6Si. The van der Waals surface area contributed by atoms with Crippen LogP contribution in [0.1, 0.15) is 40.1 Å². The molecule has 0 aliphatic rings. The van der Waals surface area contributed by atoms with Gasteiger partial charge in [-0.2, -0.15) is 0 Å². The molecule has 0 saturated carbocycles. The Labute approximate surface area is 240 Å². The van der Waals surface area contributed by atoms with Gasteiger partial charge in [-0.15, -0.1) is 5.54 Å². The second kappa shape index (κ2) is 14.6. The number of aliphatic hydroxyl groups excluding tert-OH is 2. The molecule has 0 radical (unpaired) electrons. The molecule has 8 nitrogen and oxygen atoms in total. The molecule has 0 aliphatic heterocycles. The maximum absolute atomic E-state index is 11.7. The first-order valence-electron chi connectivity index (χ1n) is 10.8. The van der Waals surface area contributed by atoms with Crippen molar-refractivity contribution in [2.45, 2.75) is 33.5 Å². The molecule has 2 aromatic carbocycles. The quantitative estimate of drug-likeness (QED) is 0.151. The van der Waals surface area contributed by atoms with E-state index in [-0.39, 0.29) is 33.0 Å². The van der Waals surface area contributed by atoms with Crippen LogP contribution in [0.5, 0.6) is 0 Å². The summed E-state index contributed by atoms with van der Waals surface area (Å²) in [6.45, 7) is 7.83. The summed E-state index contributed by atoms with van der Waals surface area (Å²) in [6, 6.07) is 6.03. The lowest BCUT2D eigenvalue weighted by Gasteiger charge is -2.10. The van der Waals surface area contributed by atoms with Gasteiger partial charge in [0, 0.05) is 34.1 Å². The second-order valence-electron chi connectivity index (χ2n) is 8.71. The molecule has 2 rings (SSSR count). The third-order valence-corrected chi connectivity index (χ3v) is 6.64. The first-order chi connectivity index (χ1) is 17.1. The average Bonchev–Trinajstić information content (AvgIpc) is 2.78. The van der Waals surface area contributed by atoms with E-state index in [9.17, 15) is 19.2 Å². The molecule has 0 aliphatic carbocycles. The van der Waals surface area contributed by atoms with Gasteiger partial charge >= 0.3 is 0 Å². The fourth-order valence-electron chi connectivity index (χ4n) is 2.65. The fraction of sp³-hybridized carbons (Fsp3) is 0.280. The summed E-state index contributed by atoms with van der Waals surface area (Å²) in [5, 5.41) is 23.3. The van der Waals surface area contributed by atoms with Gasteiger partial charge in [-0.1, -0.05) is 48.8 Å². The Morgan fingerprint density at radius 3 is 1.70 bits per heavy atom. The van der Waals surface area contributed by atoms with Crippen molar-refractivity contribution in [2.75, 3.05) is 23.8 Å². The summed E-state index contributed by atoms with van der Waals surface area (Å²) in [4.78, 5) is 45.1. The van der Waals surface area contributed by atoms with E-state index in [0.717, 1.165) is 0 Å². The first-order valence-corrected chi connectivity index (χ1v) is 16.1. The van der Waals surface area contributed by atoms with E-state index in [1.54, 1.807) is 0 Å². The number of halogens is 3. The molecule has 198 valence electrons. The molecule has 2 amide bonds. The minimum atomic E-state index is -1.61. The average molecular weight is 677 g/mol. The van der Waals surface area contributed by atoms with Crippen LogP contribution in [0, 0.1) is 15.0 Å². The van der Waals surface area contributed by atoms with Gasteiger partial charge in [0.2, 0.25) is 11.8 Å². The zero-order valence-corrected chi connectivity index (χ0v) is 25.6. The van der Waals surface area contributed by atoms with E-state index in [1.165, 1.54) is 38.1 Å². The summed E-state index contributed by atoms with van der Waals surface area (Å²) < 4.78 is 0.689. The Kier molecular flexibility index (Phi) is 12.9. The number of carbonyl (C=O) groups excluding carboxylic acids is 4. The van der Waals surface area contributed by atoms with Crippen LogP contribution in [0.4, 0.5) is 11.4 Å². The van der Waals surface area contributed by atoms with Crippen molar-refractivity contribution in [3.63, 3.8) is 0 Å². The van der Waals surface area contributed by atoms with E-state index in [0.29, 0.717) is 20.5 Å². The number of benzene rings is 2. The van der Waals surface area contributed by atoms with Gasteiger partial charge in [-0.25, -0.2) is 0 Å². The minimum Gasteiger partial charge on any atom is -0.388 e. The van der Waals surface area contributed by atoms with Crippen molar-refractivity contribution in [1.29, 1.82) is 0 Å². The van der Waals surface area contributed by atoms with Crippen molar-refractivity contribution in [3.8, 4) is 11.5 Å². The standard InChI is InChI=1S/C15H18ClNO3Si.C10H9ClINO3/c1-10(19)17-14-8-13(16)12(15(20)9-18)7-11(14)5-6-21(2,3)4;1-5(15)13-9-3-7(11)6(2-8(9)12)10(16)4-14/h7-8,18H,9H2,1-4H3,(H,17,19);2-3,14H,4H2,1H3,(H,13,15). The molecule has 12 heteroatoms. The number of hydrogen-bond acceptors (Lipinski definition) is 6. The zero-order valence-electron chi connectivity index (χ0n) is 20.9. The Morgan fingerprint density at radius 2 is 1.27 bits per heavy atom. The smallest absolute Gasteiger partial charge is 0.221 e. The molecule has 0 spiro atoms. The van der Waals surface area contributed by atoms with Crippen molar-refractivity contribution >= 4 is 88.6 Å². The number of anilines is 2. The van der Waals surface area contributed by atoms with Crippen LogP contribution in [0.2, 0.25) is 29.7 Å². The van der Waals surface area contributed by atoms with Crippen LogP contribution in [0.3, 0.4) is 0 Å². The number of aliphatic hydroxyl groups is 2. The van der Waals surface area contributed by atoms with Crippen molar-refractivity contribution in [1.82, 2.24) is 0 Å². The third kappa shape index (κ3) is 10.9. The van der Waals surface area contributed by atoms with Crippen molar-refractivity contribution < 1.29 is 29.4 Å². The fourth-order valence-corrected chi connectivity index (χ4v) is 4.30. The number of hydrogen-bond donors (Lipinski definition) is 4. The van der Waals surface area contributed by atoms with E-state index in [4.69, 9.17) is 33.4 Å². The third-order valence-electron chi connectivity index (χ3n) is 4.25. The maximum Gasteiger partial charge on any atom is 0.221 e. The predicted molar refractivity (Wildman–Crippen MR) is 157 cm³/mol. The molecule has 37 heavy (non-hydrogen) atoms. The largest absolute Gasteiger partial charge is 0.388 e. The number of nitrogens with one attached hydrogen (secondary N) is 2. The van der Waals surface area contributed by atoms with Crippen molar-refractivity contribution in [2.24, 2.45) is 0 Å². The van der Waals surface area contributed by atoms with E-state index in [2.05, 4.69) is 41.7 Å². The van der Waals surface area contributed by atoms with Crippen LogP contribution >= 0.6 is 45.8 Å². The lowest BCUT2D eigenvalue weighted by molar-refractivity contribution is -0.115. The van der Waals surface area contributed by atoms with Gasteiger partial charge in [-0.3, -0.25) is 19.2 Å². The Hall–Kier alpha value is -2.27. The Morgan fingerprint density at radius 1 is 0.838 bits per heavy atom. The number of Topliss-reactive ketones (excluding diaryl/α,β-unsaturated/α-hetero) is 2. The van der Waals surface area contributed by atoms with Crippen LogP contribution in [0.25, 0.3) is 0 Å². The van der Waals surface area contributed by atoms with Gasteiger partial charge in [0.25, 0.3) is 0 Å². The van der Waals surface area contributed by atoms with E-state index in [1.807, 2.05) is 22.6 Å². The van der Waals surface area contributed by atoms with Gasteiger partial charge in [0.1, 0.15) is 21.3 Å². The molecule has 0 fully saturated rings. The molecule has 0 saturated heterocycles. The highest BCUT2D eigenvalue weighted by Crippen LogP contribution is 2.27. The molecule has 0 bridgehead atoms. The molecule has 2 aromatic rings. The summed E-state index contributed by atoms with van der Waals surface area (Å²) in [7, 11) is -1.61. The predicted octanol–water partition coefficient (Wildman–Crippen LogP) is 4.78. The Balaban J connectivity index is 0.000000384. The van der Waals surface area contributed by atoms with Crippen LogP contribution in [0.15, 0.2) is 24.3 Å². The van der Waals surface area contributed by atoms with Gasteiger partial charge < -0.3 is 20.8 Å². The zero-order chi connectivity index (χ0) is 28.5. The number of amides is 2. The highest BCUT2D eigenvalue weighted by atomic mass is 127. The van der Waals surface area contributed by atoms with E-state index < -0.39 is 32.9 Å². The summed E-state index contributed by atoms with van der Waals surface area (Å²) >= 11 is 13.9. The summed E-state index contributed by atoms with van der Waals surface area (Å²) in [6.07, 6.45) is 0. The summed E-state index contributed by atoms with van der Waals surface area (Å²) in [5.41, 5.74) is 5.17. The lowest BCUT2D eigenvalue weighted by atomic mass is 10.1. The van der Waals surface area contributed by atoms with Crippen LogP contribution in [-0.4, -0.2) is 54.9 Å². The molecular weight excluding hydrogens is 650 g/mol. The van der Waals surface area contributed by atoms with Gasteiger partial charge in [0.15, 0.2) is 11.6 Å². The SMILES string of the molecule is CC(=O)Nc1cc(Cl)c(C(=O)CO)cc1C#C[Si](C)(C)C.CC(=O)Nc1cc(Cl)c(C(=O)CO)cc1I. The highest BCUT2D eigenvalue weighted by Gasteiger charge is 2.15. The molecule has 0 unspecified atom stereocenters. The molecule has 4 N–H and O–H groups in total. The molecule has 0 aromatic heterocycles. The maximum atomic E-state index is 11.7. The summed E-state index contributed by atoms with van der Waals surface area (Å²) in [5.74, 6) is 1.62. The monoisotopic (exact) mass is 676 g/mol. The van der Waals surface area contributed by atoms with Gasteiger partial charge in [-0.05, 0) is 46.9 Å². The van der Waals surface area contributed by atoms with Crippen LogP contribution < -0.4 is 10.6 Å². The van der Waals surface area contributed by atoms with E-state index >= 15 is 0 Å². The van der Waals surface area contributed by atoms with Crippen molar-refractivity contribution in [3.05, 3.63) is 54.6 Å². The molecule has 0 atom stereocenters. The number of carbonyl (C=O) groups is 4. The number of ketones is 2. The minimum absolute atomic E-state index is 0.177. The molecule has 0 heterocycles. The second-order valence-corrected chi connectivity index (χ2v) is 15.4. The van der Waals surface area contributed by atoms with Gasteiger partial charge in [0.05, 0.1) is 21.4 Å².